The largest absolute Gasteiger partial charge is 0.496 e. The van der Waals surface area contributed by atoms with Crippen molar-refractivity contribution < 1.29 is 18.6 Å². The van der Waals surface area contributed by atoms with Gasteiger partial charge in [0.2, 0.25) is 0 Å². The summed E-state index contributed by atoms with van der Waals surface area (Å²) in [5, 5.41) is 8.52. The summed E-state index contributed by atoms with van der Waals surface area (Å²) < 4.78 is 31.1. The average molecular weight is 217 g/mol. The van der Waals surface area contributed by atoms with Gasteiger partial charge in [0.05, 0.1) is 7.11 Å². The van der Waals surface area contributed by atoms with Gasteiger partial charge in [-0.3, -0.25) is 0 Å². The molecule has 0 bridgehead atoms. The maximum atomic E-state index is 13.1. The number of rotatable bonds is 4. The number of alkyl halides is 2. The van der Waals surface area contributed by atoms with Crippen LogP contribution in [-0.4, -0.2) is 24.7 Å². The van der Waals surface area contributed by atoms with Crippen molar-refractivity contribution in [3.8, 4) is 5.75 Å². The first kappa shape index (κ1) is 11.9. The molecular formula is C10H13F2NO2. The molecule has 1 aromatic carbocycles. The summed E-state index contributed by atoms with van der Waals surface area (Å²) in [7, 11) is 1.38. The second-order valence-corrected chi connectivity index (χ2v) is 3.14. The number of aliphatic hydroxyl groups is 1. The number of nitrogens with two attached hydrogens (primary N) is 1. The van der Waals surface area contributed by atoms with Crippen LogP contribution in [0.5, 0.6) is 5.75 Å². The summed E-state index contributed by atoms with van der Waals surface area (Å²) in [4.78, 5) is 0. The van der Waals surface area contributed by atoms with Gasteiger partial charge in [-0.1, -0.05) is 18.2 Å². The molecule has 0 amide bonds. The number of halogens is 2. The molecule has 1 atom stereocenters. The fourth-order valence-corrected chi connectivity index (χ4v) is 1.25. The number of aliphatic hydroxyl groups excluding tert-OH is 1. The molecule has 0 saturated heterocycles. The van der Waals surface area contributed by atoms with Crippen LogP contribution in [-0.2, 0) is 0 Å². The molecule has 0 aliphatic rings. The SMILES string of the molecule is COc1ccccc1[C@@H](N)C(F)(F)CO. The fourth-order valence-electron chi connectivity index (χ4n) is 1.25. The summed E-state index contributed by atoms with van der Waals surface area (Å²) in [6.45, 7) is -1.29. The van der Waals surface area contributed by atoms with Crippen molar-refractivity contribution in [2.24, 2.45) is 5.73 Å². The van der Waals surface area contributed by atoms with Crippen LogP contribution in [0.2, 0.25) is 0 Å². The highest BCUT2D eigenvalue weighted by atomic mass is 19.3. The lowest BCUT2D eigenvalue weighted by Crippen LogP contribution is -2.36. The van der Waals surface area contributed by atoms with E-state index in [1.807, 2.05) is 0 Å². The van der Waals surface area contributed by atoms with Crippen LogP contribution in [0.1, 0.15) is 11.6 Å². The van der Waals surface area contributed by atoms with E-state index in [-0.39, 0.29) is 11.3 Å². The molecule has 15 heavy (non-hydrogen) atoms. The van der Waals surface area contributed by atoms with Crippen molar-refractivity contribution in [2.45, 2.75) is 12.0 Å². The monoisotopic (exact) mass is 217 g/mol. The van der Waals surface area contributed by atoms with E-state index in [0.717, 1.165) is 0 Å². The van der Waals surface area contributed by atoms with Crippen molar-refractivity contribution >= 4 is 0 Å². The zero-order valence-corrected chi connectivity index (χ0v) is 8.28. The number of methoxy groups -OCH3 is 1. The third-order valence-electron chi connectivity index (χ3n) is 2.14. The Balaban J connectivity index is 3.05. The summed E-state index contributed by atoms with van der Waals surface area (Å²) in [5.74, 6) is -3.06. The zero-order chi connectivity index (χ0) is 11.5. The minimum atomic E-state index is -3.35. The molecule has 5 heteroatoms. The lowest BCUT2D eigenvalue weighted by atomic mass is 10.0. The van der Waals surface area contributed by atoms with Gasteiger partial charge in [-0.15, -0.1) is 0 Å². The minimum Gasteiger partial charge on any atom is -0.496 e. The van der Waals surface area contributed by atoms with E-state index in [1.54, 1.807) is 18.2 Å². The molecule has 0 saturated carbocycles. The highest BCUT2D eigenvalue weighted by Crippen LogP contribution is 2.33. The van der Waals surface area contributed by atoms with Crippen LogP contribution in [0.4, 0.5) is 8.78 Å². The maximum absolute atomic E-state index is 13.1. The molecule has 0 aromatic heterocycles. The van der Waals surface area contributed by atoms with Crippen LogP contribution in [0.25, 0.3) is 0 Å². The van der Waals surface area contributed by atoms with Crippen LogP contribution in [0.15, 0.2) is 24.3 Å². The standard InChI is InChI=1S/C10H13F2NO2/c1-15-8-5-3-2-4-7(8)9(13)10(11,12)6-14/h2-5,9,14H,6,13H2,1H3/t9-/m1/s1. The van der Waals surface area contributed by atoms with E-state index in [2.05, 4.69) is 0 Å². The van der Waals surface area contributed by atoms with Gasteiger partial charge in [-0.2, -0.15) is 0 Å². The highest BCUT2D eigenvalue weighted by molar-refractivity contribution is 5.36. The summed E-state index contributed by atoms with van der Waals surface area (Å²) in [6.07, 6.45) is 0. The average Bonchev–Trinajstić information content (AvgIpc) is 2.28. The van der Waals surface area contributed by atoms with Crippen molar-refractivity contribution in [3.05, 3.63) is 29.8 Å². The molecular weight excluding hydrogens is 204 g/mol. The van der Waals surface area contributed by atoms with Gasteiger partial charge in [0.25, 0.3) is 5.92 Å². The quantitative estimate of drug-likeness (QED) is 0.799. The van der Waals surface area contributed by atoms with Crippen molar-refractivity contribution in [3.63, 3.8) is 0 Å². The summed E-state index contributed by atoms with van der Waals surface area (Å²) in [6, 6.07) is 4.67. The molecule has 3 N–H and O–H groups in total. The second kappa shape index (κ2) is 4.55. The van der Waals surface area contributed by atoms with Gasteiger partial charge in [0.1, 0.15) is 18.4 Å². The molecule has 3 nitrogen and oxygen atoms in total. The Morgan fingerprint density at radius 1 is 1.47 bits per heavy atom. The number of hydrogen-bond donors (Lipinski definition) is 2. The molecule has 0 unspecified atom stereocenters. The van der Waals surface area contributed by atoms with Crippen molar-refractivity contribution in [1.82, 2.24) is 0 Å². The molecule has 0 radical (unpaired) electrons. The molecule has 1 aromatic rings. The molecule has 1 rings (SSSR count). The van der Waals surface area contributed by atoms with E-state index >= 15 is 0 Å². The predicted molar refractivity (Wildman–Crippen MR) is 52.0 cm³/mol. The molecule has 84 valence electrons. The van der Waals surface area contributed by atoms with Crippen molar-refractivity contribution in [2.75, 3.05) is 13.7 Å². The van der Waals surface area contributed by atoms with Crippen molar-refractivity contribution in [1.29, 1.82) is 0 Å². The lowest BCUT2D eigenvalue weighted by Gasteiger charge is -2.23. The van der Waals surface area contributed by atoms with Gasteiger partial charge < -0.3 is 15.6 Å². The Morgan fingerprint density at radius 3 is 2.60 bits per heavy atom. The Bertz CT molecular complexity index is 331. The van der Waals surface area contributed by atoms with Crippen LogP contribution < -0.4 is 10.5 Å². The minimum absolute atomic E-state index is 0.180. The Labute approximate surface area is 86.5 Å². The van der Waals surface area contributed by atoms with E-state index in [4.69, 9.17) is 15.6 Å². The second-order valence-electron chi connectivity index (χ2n) is 3.14. The van der Waals surface area contributed by atoms with Crippen LogP contribution in [0.3, 0.4) is 0 Å². The zero-order valence-electron chi connectivity index (χ0n) is 8.28. The lowest BCUT2D eigenvalue weighted by molar-refractivity contribution is -0.0715. The number of para-hydroxylation sites is 1. The van der Waals surface area contributed by atoms with E-state index in [9.17, 15) is 8.78 Å². The maximum Gasteiger partial charge on any atom is 0.289 e. The predicted octanol–water partition coefficient (Wildman–Crippen LogP) is 1.32. The molecule has 0 fully saturated rings. The summed E-state index contributed by atoms with van der Waals surface area (Å²) in [5.41, 5.74) is 5.55. The Kier molecular flexibility index (Phi) is 3.60. The third kappa shape index (κ3) is 2.43. The Morgan fingerprint density at radius 2 is 2.07 bits per heavy atom. The molecule has 0 aliphatic heterocycles. The topological polar surface area (TPSA) is 55.5 Å². The Hall–Kier alpha value is -1.20. The van der Waals surface area contributed by atoms with Crippen LogP contribution in [0, 0.1) is 0 Å². The normalized spacial score (nSPS) is 13.7. The first-order chi connectivity index (χ1) is 7.03. The van der Waals surface area contributed by atoms with E-state index < -0.39 is 18.6 Å². The number of benzene rings is 1. The smallest absolute Gasteiger partial charge is 0.289 e. The van der Waals surface area contributed by atoms with Gasteiger partial charge in [0.15, 0.2) is 0 Å². The number of ether oxygens (including phenoxy) is 1. The van der Waals surface area contributed by atoms with E-state index in [1.165, 1.54) is 13.2 Å². The highest BCUT2D eigenvalue weighted by Gasteiger charge is 2.38. The van der Waals surface area contributed by atoms with E-state index in [0.29, 0.717) is 0 Å². The first-order valence-corrected chi connectivity index (χ1v) is 4.40. The number of hydrogen-bond acceptors (Lipinski definition) is 3. The first-order valence-electron chi connectivity index (χ1n) is 4.40. The summed E-state index contributed by atoms with van der Waals surface area (Å²) >= 11 is 0. The van der Waals surface area contributed by atoms with Crippen LogP contribution >= 0.6 is 0 Å². The molecule has 0 heterocycles. The van der Waals surface area contributed by atoms with Gasteiger partial charge in [-0.05, 0) is 6.07 Å². The third-order valence-corrected chi connectivity index (χ3v) is 2.14. The molecule has 0 aliphatic carbocycles. The van der Waals surface area contributed by atoms with Gasteiger partial charge >= 0.3 is 0 Å². The van der Waals surface area contributed by atoms with Gasteiger partial charge in [-0.25, -0.2) is 8.78 Å². The fraction of sp³-hybridized carbons (Fsp3) is 0.400. The van der Waals surface area contributed by atoms with Gasteiger partial charge in [0, 0.05) is 5.56 Å². The molecule has 0 spiro atoms.